The van der Waals surface area contributed by atoms with Gasteiger partial charge in [0.05, 0.1) is 11.0 Å². The number of methoxy groups -OCH3 is 1. The van der Waals surface area contributed by atoms with Crippen molar-refractivity contribution in [3.8, 4) is 0 Å². The minimum absolute atomic E-state index is 0.296. The van der Waals surface area contributed by atoms with Gasteiger partial charge in [0.1, 0.15) is 11.4 Å². The molecule has 0 saturated heterocycles. The van der Waals surface area contributed by atoms with E-state index in [0.29, 0.717) is 18.1 Å². The molecule has 1 aromatic heterocycles. The predicted molar refractivity (Wildman–Crippen MR) is 79.0 cm³/mol. The average Bonchev–Trinajstić information content (AvgIpc) is 2.47. The average molecular weight is 340 g/mol. The van der Waals surface area contributed by atoms with E-state index in [9.17, 15) is 4.39 Å². The lowest BCUT2D eigenvalue weighted by atomic mass is 9.95. The number of aromatic nitrogens is 2. The lowest BCUT2D eigenvalue weighted by Crippen LogP contribution is -2.34. The van der Waals surface area contributed by atoms with E-state index in [1.54, 1.807) is 37.7 Å². The molecule has 20 heavy (non-hydrogen) atoms. The van der Waals surface area contributed by atoms with Gasteiger partial charge in [-0.3, -0.25) is 0 Å². The van der Waals surface area contributed by atoms with Gasteiger partial charge in [-0.15, -0.1) is 0 Å². The number of hydrogen-bond acceptors (Lipinski definition) is 4. The Morgan fingerprint density at radius 1 is 1.30 bits per heavy atom. The van der Waals surface area contributed by atoms with Crippen LogP contribution in [-0.2, 0) is 10.3 Å². The number of anilines is 1. The highest BCUT2D eigenvalue weighted by molar-refractivity contribution is 9.10. The highest BCUT2D eigenvalue weighted by Gasteiger charge is 2.29. The van der Waals surface area contributed by atoms with E-state index in [2.05, 4.69) is 31.2 Å². The van der Waals surface area contributed by atoms with E-state index in [4.69, 9.17) is 4.74 Å². The first-order valence-electron chi connectivity index (χ1n) is 6.07. The Labute approximate surface area is 125 Å². The van der Waals surface area contributed by atoms with E-state index >= 15 is 0 Å². The SMILES string of the molecule is COC(C)(CNc1ncc(Br)cn1)c1ccccc1F. The van der Waals surface area contributed by atoms with Crippen LogP contribution in [0.2, 0.25) is 0 Å². The monoisotopic (exact) mass is 339 g/mol. The summed E-state index contributed by atoms with van der Waals surface area (Å²) in [6.45, 7) is 2.17. The van der Waals surface area contributed by atoms with Gasteiger partial charge in [-0.25, -0.2) is 14.4 Å². The van der Waals surface area contributed by atoms with Crippen molar-refractivity contribution in [2.45, 2.75) is 12.5 Å². The summed E-state index contributed by atoms with van der Waals surface area (Å²) >= 11 is 3.27. The van der Waals surface area contributed by atoms with E-state index in [-0.39, 0.29) is 5.82 Å². The van der Waals surface area contributed by atoms with Gasteiger partial charge in [-0.1, -0.05) is 18.2 Å². The Morgan fingerprint density at radius 3 is 2.55 bits per heavy atom. The van der Waals surface area contributed by atoms with E-state index in [1.165, 1.54) is 6.07 Å². The number of hydrogen-bond donors (Lipinski definition) is 1. The zero-order chi connectivity index (χ0) is 14.6. The molecule has 6 heteroatoms. The van der Waals surface area contributed by atoms with Gasteiger partial charge in [0.15, 0.2) is 0 Å². The Hall–Kier alpha value is -1.53. The second kappa shape index (κ2) is 6.28. The quantitative estimate of drug-likeness (QED) is 0.907. The summed E-state index contributed by atoms with van der Waals surface area (Å²) in [5.74, 6) is 0.170. The smallest absolute Gasteiger partial charge is 0.222 e. The van der Waals surface area contributed by atoms with E-state index in [1.807, 2.05) is 6.92 Å². The maximum Gasteiger partial charge on any atom is 0.222 e. The maximum absolute atomic E-state index is 13.9. The third kappa shape index (κ3) is 3.32. The summed E-state index contributed by atoms with van der Waals surface area (Å²) in [5.41, 5.74) is -0.311. The lowest BCUT2D eigenvalue weighted by molar-refractivity contribution is 0.0107. The molecule has 1 unspecified atom stereocenters. The van der Waals surface area contributed by atoms with Crippen LogP contribution in [0.4, 0.5) is 10.3 Å². The lowest BCUT2D eigenvalue weighted by Gasteiger charge is -2.29. The summed E-state index contributed by atoms with van der Waals surface area (Å²) in [5, 5.41) is 3.05. The summed E-state index contributed by atoms with van der Waals surface area (Å²) in [6.07, 6.45) is 3.28. The largest absolute Gasteiger partial charge is 0.372 e. The van der Waals surface area contributed by atoms with Crippen LogP contribution >= 0.6 is 15.9 Å². The number of ether oxygens (including phenoxy) is 1. The minimum atomic E-state index is -0.804. The first-order valence-corrected chi connectivity index (χ1v) is 6.86. The molecular formula is C14H15BrFN3O. The fourth-order valence-corrected chi connectivity index (χ4v) is 2.02. The van der Waals surface area contributed by atoms with Gasteiger partial charge in [0.2, 0.25) is 5.95 Å². The van der Waals surface area contributed by atoms with Gasteiger partial charge in [0.25, 0.3) is 0 Å². The molecule has 1 aromatic carbocycles. The van der Waals surface area contributed by atoms with Crippen LogP contribution in [0, 0.1) is 5.82 Å². The van der Waals surface area contributed by atoms with Crippen molar-refractivity contribution in [2.24, 2.45) is 0 Å². The summed E-state index contributed by atoms with van der Waals surface area (Å²) < 4.78 is 20.2. The topological polar surface area (TPSA) is 47.0 Å². The van der Waals surface area contributed by atoms with Gasteiger partial charge in [0, 0.05) is 25.1 Å². The molecule has 106 valence electrons. The van der Waals surface area contributed by atoms with Gasteiger partial charge in [-0.05, 0) is 28.9 Å². The minimum Gasteiger partial charge on any atom is -0.372 e. The normalized spacial score (nSPS) is 13.8. The molecule has 4 nitrogen and oxygen atoms in total. The molecule has 0 spiro atoms. The van der Waals surface area contributed by atoms with Crippen LogP contribution in [0.1, 0.15) is 12.5 Å². The van der Waals surface area contributed by atoms with Crippen LogP contribution < -0.4 is 5.32 Å². The Kier molecular flexibility index (Phi) is 4.67. The maximum atomic E-state index is 13.9. The van der Waals surface area contributed by atoms with Crippen molar-refractivity contribution in [3.63, 3.8) is 0 Å². The van der Waals surface area contributed by atoms with Gasteiger partial charge >= 0.3 is 0 Å². The van der Waals surface area contributed by atoms with Crippen molar-refractivity contribution in [3.05, 3.63) is 52.5 Å². The van der Waals surface area contributed by atoms with Crippen molar-refractivity contribution in [1.82, 2.24) is 9.97 Å². The third-order valence-corrected chi connectivity index (χ3v) is 3.51. The molecule has 1 atom stereocenters. The first kappa shape index (κ1) is 14.9. The second-order valence-corrected chi connectivity index (χ2v) is 5.41. The number of benzene rings is 1. The standard InChI is InChI=1S/C14H15BrFN3O/c1-14(20-2,11-5-3-4-6-12(11)16)9-19-13-17-7-10(15)8-18-13/h3-8H,9H2,1-2H3,(H,17,18,19). The fourth-order valence-electron chi connectivity index (χ4n) is 1.82. The molecule has 2 aromatic rings. The van der Waals surface area contributed by atoms with Crippen LogP contribution in [0.3, 0.4) is 0 Å². The van der Waals surface area contributed by atoms with Crippen molar-refractivity contribution < 1.29 is 9.13 Å². The van der Waals surface area contributed by atoms with Crippen molar-refractivity contribution in [2.75, 3.05) is 19.0 Å². The number of rotatable bonds is 5. The van der Waals surface area contributed by atoms with Crippen LogP contribution in [0.25, 0.3) is 0 Å². The third-order valence-electron chi connectivity index (χ3n) is 3.10. The van der Waals surface area contributed by atoms with Crippen molar-refractivity contribution in [1.29, 1.82) is 0 Å². The highest BCUT2D eigenvalue weighted by atomic mass is 79.9. The molecule has 0 fully saturated rings. The molecule has 0 saturated carbocycles. The number of nitrogens with zero attached hydrogens (tertiary/aromatic N) is 2. The zero-order valence-corrected chi connectivity index (χ0v) is 12.8. The highest BCUT2D eigenvalue weighted by Crippen LogP contribution is 2.27. The predicted octanol–water partition coefficient (Wildman–Crippen LogP) is 3.35. The molecule has 2 rings (SSSR count). The Bertz CT molecular complexity index is 579. The molecule has 1 heterocycles. The van der Waals surface area contributed by atoms with Crippen LogP contribution in [-0.4, -0.2) is 23.6 Å². The Balaban J connectivity index is 2.16. The summed E-state index contributed by atoms with van der Waals surface area (Å²) in [7, 11) is 1.55. The number of nitrogens with one attached hydrogen (secondary N) is 1. The molecule has 0 aliphatic rings. The molecule has 0 bridgehead atoms. The second-order valence-electron chi connectivity index (χ2n) is 4.49. The van der Waals surface area contributed by atoms with E-state index < -0.39 is 5.60 Å². The molecule has 1 N–H and O–H groups in total. The summed E-state index contributed by atoms with van der Waals surface area (Å²) in [4.78, 5) is 8.23. The number of halogens is 2. The van der Waals surface area contributed by atoms with E-state index in [0.717, 1.165) is 4.47 Å². The molecular weight excluding hydrogens is 325 g/mol. The summed E-state index contributed by atoms with van der Waals surface area (Å²) in [6, 6.07) is 6.57. The van der Waals surface area contributed by atoms with Gasteiger partial charge < -0.3 is 10.1 Å². The van der Waals surface area contributed by atoms with Crippen LogP contribution in [0.15, 0.2) is 41.1 Å². The van der Waals surface area contributed by atoms with Crippen molar-refractivity contribution >= 4 is 21.9 Å². The van der Waals surface area contributed by atoms with Gasteiger partial charge in [-0.2, -0.15) is 0 Å². The van der Waals surface area contributed by atoms with Crippen LogP contribution in [0.5, 0.6) is 0 Å². The Morgan fingerprint density at radius 2 is 1.95 bits per heavy atom. The zero-order valence-electron chi connectivity index (χ0n) is 11.2. The molecule has 0 amide bonds. The molecule has 0 radical (unpaired) electrons. The molecule has 0 aliphatic heterocycles. The fraction of sp³-hybridized carbons (Fsp3) is 0.286. The first-order chi connectivity index (χ1) is 9.55. The molecule has 0 aliphatic carbocycles.